The van der Waals surface area contributed by atoms with E-state index in [-0.39, 0.29) is 21.9 Å². The third-order valence-electron chi connectivity index (χ3n) is 4.32. The maximum Gasteiger partial charge on any atom is 0.336 e. The average molecular weight is 432 g/mol. The largest absolute Gasteiger partial charge is 0.478 e. The number of carbonyl (C=O) groups is 2. The van der Waals surface area contributed by atoms with Gasteiger partial charge in [-0.15, -0.1) is 0 Å². The van der Waals surface area contributed by atoms with Crippen molar-refractivity contribution in [2.24, 2.45) is 0 Å². The van der Waals surface area contributed by atoms with Crippen LogP contribution in [0.5, 0.6) is 11.5 Å². The van der Waals surface area contributed by atoms with Crippen LogP contribution in [0.2, 0.25) is 5.02 Å². The molecule has 0 radical (unpaired) electrons. The third-order valence-corrected chi connectivity index (χ3v) is 4.56. The first-order valence-corrected chi connectivity index (χ1v) is 9.20. The van der Waals surface area contributed by atoms with Gasteiger partial charge < -0.3 is 15.2 Å². The molecule has 2 N–H and O–H groups in total. The lowest BCUT2D eigenvalue weighted by molar-refractivity contribution is 0.0693. The number of halogens is 3. The fourth-order valence-corrected chi connectivity index (χ4v) is 3.05. The van der Waals surface area contributed by atoms with E-state index < -0.39 is 35.3 Å². The molecule has 1 atom stereocenters. The molecule has 0 heterocycles. The number of nitrogens with one attached hydrogen (secondary N) is 1. The molecule has 0 unspecified atom stereocenters. The molecular formula is C22H16ClF2NO4. The summed E-state index contributed by atoms with van der Waals surface area (Å²) in [7, 11) is 0. The molecule has 0 aliphatic heterocycles. The van der Waals surface area contributed by atoms with Crippen LogP contribution in [0.4, 0.5) is 8.78 Å². The Morgan fingerprint density at radius 1 is 1.00 bits per heavy atom. The van der Waals surface area contributed by atoms with Crippen molar-refractivity contribution in [1.29, 1.82) is 0 Å². The van der Waals surface area contributed by atoms with Crippen molar-refractivity contribution >= 4 is 23.5 Å². The van der Waals surface area contributed by atoms with E-state index in [0.717, 1.165) is 12.1 Å². The van der Waals surface area contributed by atoms with Gasteiger partial charge in [-0.25, -0.2) is 13.6 Å². The van der Waals surface area contributed by atoms with Gasteiger partial charge >= 0.3 is 5.97 Å². The van der Waals surface area contributed by atoms with E-state index in [2.05, 4.69) is 5.32 Å². The van der Waals surface area contributed by atoms with Crippen LogP contribution in [-0.4, -0.2) is 17.0 Å². The van der Waals surface area contributed by atoms with E-state index in [1.54, 1.807) is 25.1 Å². The Morgan fingerprint density at radius 2 is 1.67 bits per heavy atom. The van der Waals surface area contributed by atoms with E-state index in [4.69, 9.17) is 16.3 Å². The predicted octanol–water partition coefficient (Wildman–Crippen LogP) is 5.60. The summed E-state index contributed by atoms with van der Waals surface area (Å²) >= 11 is 5.99. The molecule has 3 aromatic carbocycles. The van der Waals surface area contributed by atoms with Gasteiger partial charge in [0.05, 0.1) is 17.2 Å². The normalized spacial score (nSPS) is 11.6. The molecule has 1 amide bonds. The Bertz CT molecular complexity index is 1100. The van der Waals surface area contributed by atoms with Crippen molar-refractivity contribution in [3.8, 4) is 11.5 Å². The zero-order chi connectivity index (χ0) is 21.8. The summed E-state index contributed by atoms with van der Waals surface area (Å²) in [6.45, 7) is 1.61. The highest BCUT2D eigenvalue weighted by atomic mass is 35.5. The van der Waals surface area contributed by atoms with E-state index in [0.29, 0.717) is 5.56 Å². The van der Waals surface area contributed by atoms with Gasteiger partial charge in [0.2, 0.25) is 0 Å². The van der Waals surface area contributed by atoms with Gasteiger partial charge in [-0.3, -0.25) is 4.79 Å². The van der Waals surface area contributed by atoms with Crippen LogP contribution < -0.4 is 10.1 Å². The summed E-state index contributed by atoms with van der Waals surface area (Å²) in [6, 6.07) is 12.8. The van der Waals surface area contributed by atoms with Gasteiger partial charge in [0.25, 0.3) is 5.91 Å². The van der Waals surface area contributed by atoms with Crippen molar-refractivity contribution in [2.45, 2.75) is 13.0 Å². The molecule has 3 rings (SSSR count). The number of hydrogen-bond donors (Lipinski definition) is 2. The molecular weight excluding hydrogens is 416 g/mol. The third kappa shape index (κ3) is 4.58. The number of carbonyl (C=O) groups excluding carboxylic acids is 1. The van der Waals surface area contributed by atoms with E-state index in [1.807, 2.05) is 0 Å². The van der Waals surface area contributed by atoms with Crippen LogP contribution in [0.3, 0.4) is 0 Å². The Hall–Kier alpha value is -3.45. The minimum absolute atomic E-state index is 0.0429. The molecule has 30 heavy (non-hydrogen) atoms. The molecule has 0 aliphatic carbocycles. The average Bonchev–Trinajstić information content (AvgIpc) is 2.71. The minimum Gasteiger partial charge on any atom is -0.478 e. The van der Waals surface area contributed by atoms with Gasteiger partial charge in [-0.05, 0) is 48.9 Å². The molecule has 0 aliphatic rings. The zero-order valence-electron chi connectivity index (χ0n) is 15.7. The molecule has 0 saturated heterocycles. The van der Waals surface area contributed by atoms with Crippen LogP contribution >= 0.6 is 11.6 Å². The maximum absolute atomic E-state index is 14.0. The van der Waals surface area contributed by atoms with Crippen LogP contribution in [0.25, 0.3) is 0 Å². The predicted molar refractivity (Wildman–Crippen MR) is 107 cm³/mol. The Morgan fingerprint density at radius 3 is 2.33 bits per heavy atom. The molecule has 0 saturated carbocycles. The summed E-state index contributed by atoms with van der Waals surface area (Å²) in [5.74, 6) is -4.41. The summed E-state index contributed by atoms with van der Waals surface area (Å²) in [5, 5.41) is 12.2. The molecule has 154 valence electrons. The monoisotopic (exact) mass is 431 g/mol. The lowest BCUT2D eigenvalue weighted by Gasteiger charge is -2.18. The first kappa shape index (κ1) is 21.3. The van der Waals surface area contributed by atoms with Gasteiger partial charge in [0.1, 0.15) is 5.75 Å². The molecule has 0 spiro atoms. The fourth-order valence-electron chi connectivity index (χ4n) is 2.88. The number of aromatic carboxylic acids is 1. The molecule has 0 aromatic heterocycles. The first-order valence-electron chi connectivity index (χ1n) is 8.82. The highest BCUT2D eigenvalue weighted by Crippen LogP contribution is 2.32. The number of carboxylic acids is 1. The smallest absolute Gasteiger partial charge is 0.336 e. The zero-order valence-corrected chi connectivity index (χ0v) is 16.4. The van der Waals surface area contributed by atoms with E-state index >= 15 is 0 Å². The SMILES string of the molecule is C[C@H](NC(=O)c1cc(Cl)ccc1Oc1c(F)cccc1F)c1ccccc1C(=O)O. The van der Waals surface area contributed by atoms with E-state index in [9.17, 15) is 23.5 Å². The van der Waals surface area contributed by atoms with Gasteiger partial charge in [0.15, 0.2) is 17.4 Å². The molecule has 8 heteroatoms. The molecule has 5 nitrogen and oxygen atoms in total. The highest BCUT2D eigenvalue weighted by Gasteiger charge is 2.21. The molecule has 0 bridgehead atoms. The number of amides is 1. The van der Waals surface area contributed by atoms with Gasteiger partial charge in [-0.1, -0.05) is 35.9 Å². The first-order chi connectivity index (χ1) is 14.3. The van der Waals surface area contributed by atoms with Crippen molar-refractivity contribution in [1.82, 2.24) is 5.32 Å². The number of ether oxygens (including phenoxy) is 1. The van der Waals surface area contributed by atoms with Crippen LogP contribution in [-0.2, 0) is 0 Å². The second kappa shape index (κ2) is 8.92. The van der Waals surface area contributed by atoms with Crippen molar-refractivity contribution < 1.29 is 28.2 Å². The fraction of sp³-hybridized carbons (Fsp3) is 0.0909. The van der Waals surface area contributed by atoms with Crippen LogP contribution in [0.1, 0.15) is 39.2 Å². The van der Waals surface area contributed by atoms with Crippen molar-refractivity contribution in [2.75, 3.05) is 0 Å². The Balaban J connectivity index is 1.91. The summed E-state index contributed by atoms with van der Waals surface area (Å²) in [4.78, 5) is 24.3. The van der Waals surface area contributed by atoms with Crippen molar-refractivity contribution in [3.05, 3.63) is 94.0 Å². The Kier molecular flexibility index (Phi) is 6.32. The number of hydrogen-bond acceptors (Lipinski definition) is 3. The lowest BCUT2D eigenvalue weighted by atomic mass is 10.0. The molecule has 0 fully saturated rings. The number of rotatable bonds is 6. The van der Waals surface area contributed by atoms with Crippen LogP contribution in [0.15, 0.2) is 60.7 Å². The topological polar surface area (TPSA) is 75.6 Å². The summed E-state index contributed by atoms with van der Waals surface area (Å²) < 4.78 is 33.2. The van der Waals surface area contributed by atoms with Gasteiger partial charge in [0, 0.05) is 5.02 Å². The van der Waals surface area contributed by atoms with Crippen molar-refractivity contribution in [3.63, 3.8) is 0 Å². The molecule has 3 aromatic rings. The lowest BCUT2D eigenvalue weighted by Crippen LogP contribution is -2.28. The summed E-state index contributed by atoms with van der Waals surface area (Å²) in [6.07, 6.45) is 0. The Labute approximate surface area is 175 Å². The van der Waals surface area contributed by atoms with E-state index in [1.165, 1.54) is 30.3 Å². The second-order valence-electron chi connectivity index (χ2n) is 6.38. The maximum atomic E-state index is 14.0. The standard InChI is InChI=1S/C22H16ClF2NO4/c1-12(14-5-2-3-6-15(14)22(28)29)26-21(27)16-11-13(23)9-10-19(16)30-20-17(24)7-4-8-18(20)25/h2-12H,1H3,(H,26,27)(H,28,29)/t12-/m0/s1. The highest BCUT2D eigenvalue weighted by molar-refractivity contribution is 6.31. The quantitative estimate of drug-likeness (QED) is 0.532. The number of benzene rings is 3. The second-order valence-corrected chi connectivity index (χ2v) is 6.82. The number of carboxylic acid groups (broad SMARTS) is 1. The van der Waals surface area contributed by atoms with Gasteiger partial charge in [-0.2, -0.15) is 0 Å². The van der Waals surface area contributed by atoms with Crippen LogP contribution in [0, 0.1) is 11.6 Å². The summed E-state index contributed by atoms with van der Waals surface area (Å²) in [5.41, 5.74) is 0.370. The number of para-hydroxylation sites is 1. The minimum atomic E-state index is -1.13.